The number of rotatable bonds is 9. The number of unbranched alkanes of at least 4 members (excludes halogenated alkanes) is 1. The lowest BCUT2D eigenvalue weighted by Crippen LogP contribution is -2.45. The third kappa shape index (κ3) is 6.72. The Kier molecular flexibility index (Phi) is 8.64. The second-order valence-corrected chi connectivity index (χ2v) is 5.64. The van der Waals surface area contributed by atoms with Crippen LogP contribution in [0.2, 0.25) is 0 Å². The summed E-state index contributed by atoms with van der Waals surface area (Å²) in [5, 5.41) is 3.71. The van der Waals surface area contributed by atoms with E-state index < -0.39 is 0 Å². The monoisotopic (exact) mass is 256 g/mol. The van der Waals surface area contributed by atoms with Crippen LogP contribution in [0.4, 0.5) is 0 Å². The number of morpholine rings is 1. The fraction of sp³-hybridized carbons (Fsp3) is 1.00. The first-order valence-electron chi connectivity index (χ1n) is 7.79. The molecule has 3 heteroatoms. The van der Waals surface area contributed by atoms with E-state index in [9.17, 15) is 0 Å². The summed E-state index contributed by atoms with van der Waals surface area (Å²) in [7, 11) is 0. The molecule has 108 valence electrons. The van der Waals surface area contributed by atoms with Crippen molar-refractivity contribution < 1.29 is 4.74 Å². The van der Waals surface area contributed by atoms with E-state index in [0.717, 1.165) is 38.8 Å². The fourth-order valence-corrected chi connectivity index (χ4v) is 2.55. The molecule has 1 rings (SSSR count). The van der Waals surface area contributed by atoms with Gasteiger partial charge in [-0.15, -0.1) is 0 Å². The minimum Gasteiger partial charge on any atom is -0.379 e. The van der Waals surface area contributed by atoms with Crippen molar-refractivity contribution in [2.45, 2.75) is 52.5 Å². The van der Waals surface area contributed by atoms with E-state index in [1.54, 1.807) is 0 Å². The largest absolute Gasteiger partial charge is 0.379 e. The maximum Gasteiger partial charge on any atom is 0.0594 e. The Morgan fingerprint density at radius 1 is 1.22 bits per heavy atom. The van der Waals surface area contributed by atoms with Gasteiger partial charge in [0.25, 0.3) is 0 Å². The van der Waals surface area contributed by atoms with Crippen LogP contribution in [0, 0.1) is 5.92 Å². The van der Waals surface area contributed by atoms with Crippen LogP contribution in [-0.4, -0.2) is 50.3 Å². The zero-order valence-corrected chi connectivity index (χ0v) is 12.6. The molecule has 18 heavy (non-hydrogen) atoms. The zero-order valence-electron chi connectivity index (χ0n) is 12.6. The number of ether oxygens (including phenoxy) is 1. The van der Waals surface area contributed by atoms with Gasteiger partial charge >= 0.3 is 0 Å². The molecule has 1 aliphatic rings. The van der Waals surface area contributed by atoms with E-state index in [-0.39, 0.29) is 0 Å². The first kappa shape index (κ1) is 15.9. The highest BCUT2D eigenvalue weighted by Crippen LogP contribution is 2.11. The van der Waals surface area contributed by atoms with E-state index in [1.807, 2.05) is 0 Å². The molecular formula is C15H32N2O. The summed E-state index contributed by atoms with van der Waals surface area (Å²) < 4.78 is 5.38. The Morgan fingerprint density at radius 2 is 1.94 bits per heavy atom. The Balaban J connectivity index is 2.11. The highest BCUT2D eigenvalue weighted by molar-refractivity contribution is 4.71. The van der Waals surface area contributed by atoms with Gasteiger partial charge in [-0.1, -0.05) is 33.1 Å². The fourth-order valence-electron chi connectivity index (χ4n) is 2.55. The van der Waals surface area contributed by atoms with Crippen LogP contribution in [0.25, 0.3) is 0 Å². The standard InChI is InChI=1S/C15H32N2O/c1-4-6-7-15(5-2)12-16-14(3)13-17-8-10-18-11-9-17/h14-16H,4-13H2,1-3H3. The van der Waals surface area contributed by atoms with Crippen molar-refractivity contribution in [1.29, 1.82) is 0 Å². The van der Waals surface area contributed by atoms with Crippen LogP contribution < -0.4 is 5.32 Å². The van der Waals surface area contributed by atoms with Crippen LogP contribution in [-0.2, 0) is 4.74 Å². The number of hydrogen-bond acceptors (Lipinski definition) is 3. The summed E-state index contributed by atoms with van der Waals surface area (Å²) in [6.45, 7) is 13.2. The quantitative estimate of drug-likeness (QED) is 0.686. The van der Waals surface area contributed by atoms with Gasteiger partial charge in [0.05, 0.1) is 13.2 Å². The predicted molar refractivity (Wildman–Crippen MR) is 78.0 cm³/mol. The second-order valence-electron chi connectivity index (χ2n) is 5.64. The topological polar surface area (TPSA) is 24.5 Å². The summed E-state index contributed by atoms with van der Waals surface area (Å²) in [6.07, 6.45) is 5.37. The molecule has 1 N–H and O–H groups in total. The summed E-state index contributed by atoms with van der Waals surface area (Å²) in [4.78, 5) is 2.51. The molecule has 0 aliphatic carbocycles. The zero-order chi connectivity index (χ0) is 13.2. The maximum absolute atomic E-state index is 5.38. The number of nitrogens with one attached hydrogen (secondary N) is 1. The smallest absolute Gasteiger partial charge is 0.0594 e. The molecule has 3 nitrogen and oxygen atoms in total. The number of nitrogens with zero attached hydrogens (tertiary/aromatic N) is 1. The summed E-state index contributed by atoms with van der Waals surface area (Å²) in [6, 6.07) is 0.596. The Bertz CT molecular complexity index is 193. The molecular weight excluding hydrogens is 224 g/mol. The molecule has 0 aromatic carbocycles. The van der Waals surface area contributed by atoms with Crippen molar-refractivity contribution in [2.24, 2.45) is 5.92 Å². The van der Waals surface area contributed by atoms with Gasteiger partial charge in [0.2, 0.25) is 0 Å². The van der Waals surface area contributed by atoms with Crippen LogP contribution in [0.1, 0.15) is 46.5 Å². The van der Waals surface area contributed by atoms with Crippen molar-refractivity contribution in [3.63, 3.8) is 0 Å². The lowest BCUT2D eigenvalue weighted by Gasteiger charge is -2.30. The van der Waals surface area contributed by atoms with Crippen LogP contribution >= 0.6 is 0 Å². The Labute approximate surface area is 113 Å². The molecule has 2 atom stereocenters. The third-order valence-electron chi connectivity index (χ3n) is 3.93. The minimum absolute atomic E-state index is 0.596. The molecule has 2 unspecified atom stereocenters. The summed E-state index contributed by atoms with van der Waals surface area (Å²) in [5.41, 5.74) is 0. The molecule has 0 saturated carbocycles. The van der Waals surface area contributed by atoms with Crippen molar-refractivity contribution in [3.05, 3.63) is 0 Å². The first-order chi connectivity index (χ1) is 8.76. The van der Waals surface area contributed by atoms with Crippen LogP contribution in [0.15, 0.2) is 0 Å². The molecule has 0 aromatic heterocycles. The molecule has 0 radical (unpaired) electrons. The van der Waals surface area contributed by atoms with Crippen molar-refractivity contribution >= 4 is 0 Å². The molecule has 1 saturated heterocycles. The van der Waals surface area contributed by atoms with Gasteiger partial charge in [-0.25, -0.2) is 0 Å². The van der Waals surface area contributed by atoms with E-state index in [0.29, 0.717) is 6.04 Å². The van der Waals surface area contributed by atoms with Crippen LogP contribution in [0.5, 0.6) is 0 Å². The average Bonchev–Trinajstić information content (AvgIpc) is 2.40. The van der Waals surface area contributed by atoms with Gasteiger partial charge in [-0.05, 0) is 25.8 Å². The van der Waals surface area contributed by atoms with Gasteiger partial charge in [-0.3, -0.25) is 4.90 Å². The molecule has 0 bridgehead atoms. The normalized spacial score (nSPS) is 20.8. The SMILES string of the molecule is CCCCC(CC)CNC(C)CN1CCOCC1. The first-order valence-corrected chi connectivity index (χ1v) is 7.79. The predicted octanol–water partition coefficient (Wildman–Crippen LogP) is 2.51. The van der Waals surface area contributed by atoms with E-state index >= 15 is 0 Å². The molecule has 0 amide bonds. The average molecular weight is 256 g/mol. The Morgan fingerprint density at radius 3 is 2.56 bits per heavy atom. The second kappa shape index (κ2) is 9.76. The van der Waals surface area contributed by atoms with E-state index in [2.05, 4.69) is 31.0 Å². The highest BCUT2D eigenvalue weighted by atomic mass is 16.5. The molecule has 0 aromatic rings. The number of hydrogen-bond donors (Lipinski definition) is 1. The third-order valence-corrected chi connectivity index (χ3v) is 3.93. The van der Waals surface area contributed by atoms with Gasteiger partial charge in [0.15, 0.2) is 0 Å². The minimum atomic E-state index is 0.596. The van der Waals surface area contributed by atoms with Crippen molar-refractivity contribution in [2.75, 3.05) is 39.4 Å². The van der Waals surface area contributed by atoms with Gasteiger partial charge < -0.3 is 10.1 Å². The van der Waals surface area contributed by atoms with Crippen LogP contribution in [0.3, 0.4) is 0 Å². The highest BCUT2D eigenvalue weighted by Gasteiger charge is 2.14. The maximum atomic E-state index is 5.38. The molecule has 1 aliphatic heterocycles. The van der Waals surface area contributed by atoms with Gasteiger partial charge in [0, 0.05) is 25.7 Å². The van der Waals surface area contributed by atoms with Crippen molar-refractivity contribution in [3.8, 4) is 0 Å². The van der Waals surface area contributed by atoms with E-state index in [4.69, 9.17) is 4.74 Å². The summed E-state index contributed by atoms with van der Waals surface area (Å²) >= 11 is 0. The lowest BCUT2D eigenvalue weighted by atomic mass is 9.99. The molecule has 1 heterocycles. The van der Waals surface area contributed by atoms with Crippen molar-refractivity contribution in [1.82, 2.24) is 10.2 Å². The van der Waals surface area contributed by atoms with Gasteiger partial charge in [-0.2, -0.15) is 0 Å². The molecule has 1 fully saturated rings. The van der Waals surface area contributed by atoms with E-state index in [1.165, 1.54) is 32.2 Å². The summed E-state index contributed by atoms with van der Waals surface area (Å²) in [5.74, 6) is 0.858. The molecule has 0 spiro atoms. The lowest BCUT2D eigenvalue weighted by molar-refractivity contribution is 0.0342. The van der Waals surface area contributed by atoms with Gasteiger partial charge in [0.1, 0.15) is 0 Å². The Hall–Kier alpha value is -0.120.